The van der Waals surface area contributed by atoms with Crippen molar-refractivity contribution in [1.82, 2.24) is 19.2 Å². The second-order valence-corrected chi connectivity index (χ2v) is 7.19. The number of primary amides is 1. The molecule has 4 rings (SSSR count). The highest BCUT2D eigenvalue weighted by Gasteiger charge is 2.29. The van der Waals surface area contributed by atoms with E-state index in [4.69, 9.17) is 5.73 Å². The number of aromatic nitrogens is 3. The number of carbonyl (C=O) groups is 2. The van der Waals surface area contributed by atoms with E-state index in [-0.39, 0.29) is 17.7 Å². The highest BCUT2D eigenvalue weighted by molar-refractivity contribution is 5.97. The summed E-state index contributed by atoms with van der Waals surface area (Å²) in [4.78, 5) is 26.4. The summed E-state index contributed by atoms with van der Waals surface area (Å²) in [6, 6.07) is 11.8. The summed E-state index contributed by atoms with van der Waals surface area (Å²) in [5.74, 6) is 0.191. The molecule has 1 fully saturated rings. The van der Waals surface area contributed by atoms with Crippen molar-refractivity contribution in [2.24, 2.45) is 11.7 Å². The second kappa shape index (κ2) is 7.34. The van der Waals surface area contributed by atoms with E-state index in [0.717, 1.165) is 11.3 Å². The number of carbonyl (C=O) groups excluding carboxylic acids is 2. The fourth-order valence-corrected chi connectivity index (χ4v) is 3.63. The molecular formula is C21H23N5O2. The predicted octanol–water partition coefficient (Wildman–Crippen LogP) is 2.31. The molecule has 0 aliphatic carbocycles. The van der Waals surface area contributed by atoms with Crippen LogP contribution in [-0.4, -0.2) is 44.2 Å². The molecule has 0 radical (unpaired) electrons. The smallest absolute Gasteiger partial charge is 0.259 e. The normalized spacial score (nSPS) is 15.0. The maximum Gasteiger partial charge on any atom is 0.259 e. The molecule has 7 heteroatoms. The molecule has 144 valence electrons. The quantitative estimate of drug-likeness (QED) is 0.757. The van der Waals surface area contributed by atoms with Gasteiger partial charge < -0.3 is 15.2 Å². The van der Waals surface area contributed by atoms with Gasteiger partial charge >= 0.3 is 0 Å². The van der Waals surface area contributed by atoms with E-state index in [1.165, 1.54) is 0 Å². The average Bonchev–Trinajstić information content (AvgIpc) is 3.37. The average molecular weight is 377 g/mol. The minimum Gasteiger partial charge on any atom is -0.369 e. The number of aryl methyl sites for hydroxylation is 1. The van der Waals surface area contributed by atoms with Gasteiger partial charge in [-0.05, 0) is 44.0 Å². The monoisotopic (exact) mass is 377 g/mol. The number of amides is 2. The van der Waals surface area contributed by atoms with Gasteiger partial charge in [-0.3, -0.25) is 9.59 Å². The molecule has 1 aliphatic rings. The topological polar surface area (TPSA) is 86.2 Å². The van der Waals surface area contributed by atoms with Crippen LogP contribution in [0.1, 0.15) is 28.8 Å². The highest BCUT2D eigenvalue weighted by atomic mass is 16.2. The van der Waals surface area contributed by atoms with Crippen LogP contribution in [0.15, 0.2) is 55.0 Å². The first-order chi connectivity index (χ1) is 13.5. The SMILES string of the molecule is Cc1ccc(-n2ncc(C(=O)N3CCC(C(N)=O)CC3)c2-n2cccc2)cc1. The minimum atomic E-state index is -0.285. The van der Waals surface area contributed by atoms with Gasteiger partial charge in [0.15, 0.2) is 5.82 Å². The zero-order valence-electron chi connectivity index (χ0n) is 15.8. The van der Waals surface area contributed by atoms with Crippen molar-refractivity contribution in [3.8, 4) is 11.5 Å². The van der Waals surface area contributed by atoms with Gasteiger partial charge in [0.25, 0.3) is 5.91 Å². The largest absolute Gasteiger partial charge is 0.369 e. The molecule has 1 aliphatic heterocycles. The first-order valence-electron chi connectivity index (χ1n) is 9.41. The number of nitrogens with two attached hydrogens (primary N) is 1. The van der Waals surface area contributed by atoms with E-state index in [9.17, 15) is 9.59 Å². The lowest BCUT2D eigenvalue weighted by molar-refractivity contribution is -0.123. The van der Waals surface area contributed by atoms with E-state index in [0.29, 0.717) is 37.3 Å². The van der Waals surface area contributed by atoms with Crippen LogP contribution in [-0.2, 0) is 4.79 Å². The van der Waals surface area contributed by atoms with E-state index in [1.54, 1.807) is 15.8 Å². The van der Waals surface area contributed by atoms with Crippen LogP contribution in [0.5, 0.6) is 0 Å². The number of rotatable bonds is 4. The van der Waals surface area contributed by atoms with Gasteiger partial charge in [-0.2, -0.15) is 5.10 Å². The van der Waals surface area contributed by atoms with E-state index in [1.807, 2.05) is 60.3 Å². The lowest BCUT2D eigenvalue weighted by Gasteiger charge is -2.30. The third-order valence-electron chi connectivity index (χ3n) is 5.29. The summed E-state index contributed by atoms with van der Waals surface area (Å²) >= 11 is 0. The first kappa shape index (κ1) is 18.0. The van der Waals surface area contributed by atoms with Gasteiger partial charge in [0.2, 0.25) is 5.91 Å². The third-order valence-corrected chi connectivity index (χ3v) is 5.29. The molecule has 3 heterocycles. The van der Waals surface area contributed by atoms with Crippen LogP contribution in [0.4, 0.5) is 0 Å². The Kier molecular flexibility index (Phi) is 4.73. The number of hydrogen-bond acceptors (Lipinski definition) is 3. The second-order valence-electron chi connectivity index (χ2n) is 7.19. The van der Waals surface area contributed by atoms with Crippen LogP contribution in [0.2, 0.25) is 0 Å². The summed E-state index contributed by atoms with van der Waals surface area (Å²) in [5.41, 5.74) is 7.99. The Morgan fingerprint density at radius 2 is 1.71 bits per heavy atom. The van der Waals surface area contributed by atoms with Crippen molar-refractivity contribution in [2.45, 2.75) is 19.8 Å². The number of benzene rings is 1. The van der Waals surface area contributed by atoms with Gasteiger partial charge in [0, 0.05) is 31.4 Å². The first-order valence-corrected chi connectivity index (χ1v) is 9.41. The van der Waals surface area contributed by atoms with Crippen LogP contribution in [0, 0.1) is 12.8 Å². The minimum absolute atomic E-state index is 0.0787. The molecule has 3 aromatic rings. The Balaban J connectivity index is 1.69. The van der Waals surface area contributed by atoms with Gasteiger partial charge in [0.1, 0.15) is 5.56 Å². The number of hydrogen-bond donors (Lipinski definition) is 1. The van der Waals surface area contributed by atoms with Crippen molar-refractivity contribution in [2.75, 3.05) is 13.1 Å². The lowest BCUT2D eigenvalue weighted by Crippen LogP contribution is -2.41. The summed E-state index contributed by atoms with van der Waals surface area (Å²) in [7, 11) is 0. The molecule has 7 nitrogen and oxygen atoms in total. The van der Waals surface area contributed by atoms with Gasteiger partial charge in [-0.15, -0.1) is 0 Å². The zero-order chi connectivity index (χ0) is 19.7. The molecule has 0 saturated carbocycles. The summed E-state index contributed by atoms with van der Waals surface area (Å²) < 4.78 is 3.68. The Bertz CT molecular complexity index is 980. The maximum absolute atomic E-state index is 13.2. The molecule has 0 atom stereocenters. The Labute approximate surface area is 163 Å². The molecule has 0 unspecified atom stereocenters. The molecule has 0 spiro atoms. The standard InChI is InChI=1S/C21H23N5O2/c1-15-4-6-17(7-5-15)26-20(24-10-2-3-11-24)18(14-23-26)21(28)25-12-8-16(9-13-25)19(22)27/h2-7,10-11,14,16H,8-9,12-13H2,1H3,(H2,22,27). The molecule has 2 aromatic heterocycles. The van der Waals surface area contributed by atoms with Crippen molar-refractivity contribution in [1.29, 1.82) is 0 Å². The van der Waals surface area contributed by atoms with Crippen molar-refractivity contribution in [3.63, 3.8) is 0 Å². The molecule has 1 saturated heterocycles. The van der Waals surface area contributed by atoms with E-state index >= 15 is 0 Å². The molecule has 2 N–H and O–H groups in total. The fourth-order valence-electron chi connectivity index (χ4n) is 3.63. The predicted molar refractivity (Wildman–Crippen MR) is 105 cm³/mol. The molecule has 28 heavy (non-hydrogen) atoms. The van der Waals surface area contributed by atoms with E-state index < -0.39 is 0 Å². The molecule has 0 bridgehead atoms. The molecule has 1 aromatic carbocycles. The van der Waals surface area contributed by atoms with Gasteiger partial charge in [-0.25, -0.2) is 4.68 Å². The van der Waals surface area contributed by atoms with Gasteiger partial charge in [-0.1, -0.05) is 17.7 Å². The summed E-state index contributed by atoms with van der Waals surface area (Å²) in [6.45, 7) is 3.07. The Morgan fingerprint density at radius 3 is 2.32 bits per heavy atom. The van der Waals surface area contributed by atoms with E-state index in [2.05, 4.69) is 5.10 Å². The van der Waals surface area contributed by atoms with Crippen LogP contribution in [0.3, 0.4) is 0 Å². The summed E-state index contributed by atoms with van der Waals surface area (Å²) in [5, 5.41) is 4.51. The molecule has 2 amide bonds. The third kappa shape index (κ3) is 3.31. The lowest BCUT2D eigenvalue weighted by atomic mass is 9.96. The number of piperidine rings is 1. The van der Waals surface area contributed by atoms with Gasteiger partial charge in [0.05, 0.1) is 11.9 Å². The zero-order valence-corrected chi connectivity index (χ0v) is 15.8. The molecular weight excluding hydrogens is 354 g/mol. The van der Waals surface area contributed by atoms with Crippen molar-refractivity contribution >= 4 is 11.8 Å². The van der Waals surface area contributed by atoms with Crippen LogP contribution >= 0.6 is 0 Å². The van der Waals surface area contributed by atoms with Crippen LogP contribution < -0.4 is 5.73 Å². The summed E-state index contributed by atoms with van der Waals surface area (Å²) in [6.07, 6.45) is 6.63. The van der Waals surface area contributed by atoms with Crippen molar-refractivity contribution in [3.05, 3.63) is 66.1 Å². The maximum atomic E-state index is 13.2. The highest BCUT2D eigenvalue weighted by Crippen LogP contribution is 2.24. The Morgan fingerprint density at radius 1 is 1.07 bits per heavy atom. The number of nitrogens with zero attached hydrogens (tertiary/aromatic N) is 4. The fraction of sp³-hybridized carbons (Fsp3) is 0.286. The number of likely N-dealkylation sites (tertiary alicyclic amines) is 1. The Hall–Kier alpha value is -3.35. The van der Waals surface area contributed by atoms with Crippen molar-refractivity contribution < 1.29 is 9.59 Å². The van der Waals surface area contributed by atoms with Crippen LogP contribution in [0.25, 0.3) is 11.5 Å².